The SMILES string of the molecule is COCCS(=O)(=O)NCC(C)(C)CCCCl. The first-order valence-corrected chi connectivity index (χ1v) is 7.54. The molecule has 0 aliphatic rings. The Balaban J connectivity index is 4.02. The summed E-state index contributed by atoms with van der Waals surface area (Å²) in [4.78, 5) is 0. The highest BCUT2D eigenvalue weighted by molar-refractivity contribution is 7.89. The van der Waals surface area contributed by atoms with Crippen molar-refractivity contribution < 1.29 is 13.2 Å². The van der Waals surface area contributed by atoms with E-state index in [-0.39, 0.29) is 17.8 Å². The third-order valence-corrected chi connectivity index (χ3v) is 3.87. The molecule has 98 valence electrons. The number of sulfonamides is 1. The molecule has 0 heterocycles. The summed E-state index contributed by atoms with van der Waals surface area (Å²) in [6, 6.07) is 0. The minimum atomic E-state index is -3.21. The summed E-state index contributed by atoms with van der Waals surface area (Å²) >= 11 is 5.61. The van der Waals surface area contributed by atoms with Gasteiger partial charge in [0.2, 0.25) is 10.0 Å². The van der Waals surface area contributed by atoms with Gasteiger partial charge in [0.25, 0.3) is 0 Å². The molecule has 0 spiro atoms. The van der Waals surface area contributed by atoms with E-state index >= 15 is 0 Å². The van der Waals surface area contributed by atoms with Crippen molar-refractivity contribution in [3.63, 3.8) is 0 Å². The number of hydrogen-bond donors (Lipinski definition) is 1. The maximum atomic E-state index is 11.5. The van der Waals surface area contributed by atoms with Gasteiger partial charge >= 0.3 is 0 Å². The first-order valence-electron chi connectivity index (χ1n) is 5.35. The molecule has 16 heavy (non-hydrogen) atoms. The average molecular weight is 272 g/mol. The van der Waals surface area contributed by atoms with Crippen molar-refractivity contribution in [2.24, 2.45) is 5.41 Å². The number of ether oxygens (including phenoxy) is 1. The smallest absolute Gasteiger partial charge is 0.213 e. The van der Waals surface area contributed by atoms with Crippen LogP contribution in [-0.2, 0) is 14.8 Å². The lowest BCUT2D eigenvalue weighted by Crippen LogP contribution is -2.36. The van der Waals surface area contributed by atoms with Gasteiger partial charge in [-0.05, 0) is 18.3 Å². The maximum Gasteiger partial charge on any atom is 0.213 e. The van der Waals surface area contributed by atoms with Crippen LogP contribution in [0.1, 0.15) is 26.7 Å². The van der Waals surface area contributed by atoms with Gasteiger partial charge in [-0.1, -0.05) is 13.8 Å². The van der Waals surface area contributed by atoms with Gasteiger partial charge in [0, 0.05) is 19.5 Å². The molecule has 0 fully saturated rings. The van der Waals surface area contributed by atoms with E-state index in [1.807, 2.05) is 13.8 Å². The van der Waals surface area contributed by atoms with Crippen molar-refractivity contribution in [2.45, 2.75) is 26.7 Å². The van der Waals surface area contributed by atoms with E-state index in [1.165, 1.54) is 7.11 Å². The van der Waals surface area contributed by atoms with E-state index < -0.39 is 10.0 Å². The Labute approximate surface area is 104 Å². The Morgan fingerprint density at radius 1 is 1.38 bits per heavy atom. The predicted octanol–water partition coefficient (Wildman–Crippen LogP) is 1.60. The highest BCUT2D eigenvalue weighted by Crippen LogP contribution is 2.21. The molecular weight excluding hydrogens is 250 g/mol. The molecule has 0 bridgehead atoms. The minimum absolute atomic E-state index is 0.00901. The molecule has 0 amide bonds. The van der Waals surface area contributed by atoms with E-state index in [9.17, 15) is 8.42 Å². The van der Waals surface area contributed by atoms with Crippen LogP contribution in [0.15, 0.2) is 0 Å². The van der Waals surface area contributed by atoms with E-state index in [1.54, 1.807) is 0 Å². The van der Waals surface area contributed by atoms with Crippen molar-refractivity contribution in [2.75, 3.05) is 31.9 Å². The zero-order valence-electron chi connectivity index (χ0n) is 10.3. The average Bonchev–Trinajstić information content (AvgIpc) is 2.22. The van der Waals surface area contributed by atoms with Crippen LogP contribution in [0.3, 0.4) is 0 Å². The molecule has 4 nitrogen and oxygen atoms in total. The van der Waals surface area contributed by atoms with E-state index in [4.69, 9.17) is 16.3 Å². The van der Waals surface area contributed by atoms with Crippen LogP contribution in [0.4, 0.5) is 0 Å². The summed E-state index contributed by atoms with van der Waals surface area (Å²) in [5, 5.41) is 0. The van der Waals surface area contributed by atoms with Gasteiger partial charge < -0.3 is 4.74 Å². The molecule has 0 saturated heterocycles. The summed E-state index contributed by atoms with van der Waals surface area (Å²) in [6.45, 7) is 4.71. The molecule has 6 heteroatoms. The van der Waals surface area contributed by atoms with Crippen molar-refractivity contribution in [1.29, 1.82) is 0 Å². The van der Waals surface area contributed by atoms with Crippen molar-refractivity contribution in [3.05, 3.63) is 0 Å². The van der Waals surface area contributed by atoms with Crippen LogP contribution < -0.4 is 4.72 Å². The summed E-state index contributed by atoms with van der Waals surface area (Å²) in [6.07, 6.45) is 1.80. The molecule has 0 aromatic rings. The van der Waals surface area contributed by atoms with Gasteiger partial charge in [-0.25, -0.2) is 13.1 Å². The van der Waals surface area contributed by atoms with Crippen LogP contribution in [0.5, 0.6) is 0 Å². The lowest BCUT2D eigenvalue weighted by Gasteiger charge is -2.24. The zero-order valence-corrected chi connectivity index (χ0v) is 11.8. The lowest BCUT2D eigenvalue weighted by molar-refractivity contribution is 0.216. The third kappa shape index (κ3) is 8.33. The van der Waals surface area contributed by atoms with Crippen LogP contribution in [0, 0.1) is 5.41 Å². The first kappa shape index (κ1) is 16.2. The van der Waals surface area contributed by atoms with Crippen LogP contribution in [-0.4, -0.2) is 40.3 Å². The fourth-order valence-corrected chi connectivity index (χ4v) is 2.48. The van der Waals surface area contributed by atoms with Crippen molar-refractivity contribution in [3.8, 4) is 0 Å². The number of hydrogen-bond acceptors (Lipinski definition) is 3. The highest BCUT2D eigenvalue weighted by Gasteiger charge is 2.20. The molecule has 1 N–H and O–H groups in total. The van der Waals surface area contributed by atoms with E-state index in [0.717, 1.165) is 12.8 Å². The van der Waals surface area contributed by atoms with Gasteiger partial charge in [0.15, 0.2) is 0 Å². The van der Waals surface area contributed by atoms with Gasteiger partial charge in [0.05, 0.1) is 12.4 Å². The van der Waals surface area contributed by atoms with Crippen LogP contribution in [0.2, 0.25) is 0 Å². The third-order valence-electron chi connectivity index (χ3n) is 2.31. The molecule has 0 saturated carbocycles. The fourth-order valence-electron chi connectivity index (χ4n) is 1.20. The number of methoxy groups -OCH3 is 1. The number of alkyl halides is 1. The number of nitrogens with one attached hydrogen (secondary N) is 1. The Morgan fingerprint density at radius 3 is 2.50 bits per heavy atom. The van der Waals surface area contributed by atoms with Gasteiger partial charge in [0.1, 0.15) is 0 Å². The molecule has 0 aromatic heterocycles. The standard InChI is InChI=1S/C10H22ClNO3S/c1-10(2,5-4-6-11)9-12-16(13,14)8-7-15-3/h12H,4-9H2,1-3H3. The van der Waals surface area contributed by atoms with Crippen LogP contribution in [0.25, 0.3) is 0 Å². The Bertz CT molecular complexity index is 278. The summed E-state index contributed by atoms with van der Waals surface area (Å²) in [7, 11) is -1.72. The maximum absolute atomic E-state index is 11.5. The zero-order chi connectivity index (χ0) is 12.7. The number of halogens is 1. The van der Waals surface area contributed by atoms with Gasteiger partial charge in [-0.3, -0.25) is 0 Å². The second-order valence-electron chi connectivity index (χ2n) is 4.59. The van der Waals surface area contributed by atoms with E-state index in [0.29, 0.717) is 12.4 Å². The van der Waals surface area contributed by atoms with E-state index in [2.05, 4.69) is 4.72 Å². The fraction of sp³-hybridized carbons (Fsp3) is 1.00. The number of rotatable bonds is 9. The van der Waals surface area contributed by atoms with Crippen molar-refractivity contribution in [1.82, 2.24) is 4.72 Å². The second-order valence-corrected chi connectivity index (χ2v) is 6.89. The second kappa shape index (κ2) is 7.48. The normalized spacial score (nSPS) is 13.0. The van der Waals surface area contributed by atoms with Crippen LogP contribution >= 0.6 is 11.6 Å². The topological polar surface area (TPSA) is 55.4 Å². The molecular formula is C10H22ClNO3S. The Hall–Kier alpha value is 0.160. The molecule has 0 unspecified atom stereocenters. The molecule has 0 aliphatic carbocycles. The Morgan fingerprint density at radius 2 is 2.00 bits per heavy atom. The summed E-state index contributed by atoms with van der Waals surface area (Å²) < 4.78 is 30.3. The predicted molar refractivity (Wildman–Crippen MR) is 67.4 cm³/mol. The quantitative estimate of drug-likeness (QED) is 0.648. The monoisotopic (exact) mass is 271 g/mol. The summed E-state index contributed by atoms with van der Waals surface area (Å²) in [5.74, 6) is 0.620. The first-order chi connectivity index (χ1) is 7.33. The summed E-state index contributed by atoms with van der Waals surface area (Å²) in [5.41, 5.74) is -0.0605. The molecule has 0 radical (unpaired) electrons. The Kier molecular flexibility index (Phi) is 7.55. The largest absolute Gasteiger partial charge is 0.384 e. The van der Waals surface area contributed by atoms with Crippen molar-refractivity contribution >= 4 is 21.6 Å². The highest BCUT2D eigenvalue weighted by atomic mass is 35.5. The molecule has 0 aromatic carbocycles. The molecule has 0 rings (SSSR count). The molecule has 0 aliphatic heterocycles. The molecule has 0 atom stereocenters. The lowest BCUT2D eigenvalue weighted by atomic mass is 9.88. The minimum Gasteiger partial charge on any atom is -0.384 e. The van der Waals surface area contributed by atoms with Gasteiger partial charge in [-0.2, -0.15) is 0 Å². The van der Waals surface area contributed by atoms with Gasteiger partial charge in [-0.15, -0.1) is 11.6 Å².